The van der Waals surface area contributed by atoms with Crippen molar-refractivity contribution in [2.24, 2.45) is 0 Å². The molecule has 0 saturated heterocycles. The van der Waals surface area contributed by atoms with Gasteiger partial charge in [-0.2, -0.15) is 11.3 Å². The predicted molar refractivity (Wildman–Crippen MR) is 79.5 cm³/mol. The Hall–Kier alpha value is -2.32. The fourth-order valence-electron chi connectivity index (χ4n) is 2.00. The number of fused-ring (bicyclic) bond motifs is 3. The summed E-state index contributed by atoms with van der Waals surface area (Å²) >= 11 is 2.79. The van der Waals surface area contributed by atoms with E-state index in [1.54, 1.807) is 17.5 Å². The molecule has 0 aliphatic carbocycles. The Morgan fingerprint density at radius 2 is 2.10 bits per heavy atom. The van der Waals surface area contributed by atoms with Crippen molar-refractivity contribution < 1.29 is 0 Å². The number of aromatic nitrogens is 4. The van der Waals surface area contributed by atoms with Gasteiger partial charge in [-0.05, 0) is 11.4 Å². The first-order valence-electron chi connectivity index (χ1n) is 5.67. The van der Waals surface area contributed by atoms with E-state index in [4.69, 9.17) is 0 Å². The van der Waals surface area contributed by atoms with E-state index < -0.39 is 11.2 Å². The van der Waals surface area contributed by atoms with Crippen LogP contribution < -0.4 is 11.2 Å². The van der Waals surface area contributed by atoms with Crippen LogP contribution in [-0.4, -0.2) is 19.9 Å². The average Bonchev–Trinajstić information content (AvgIpc) is 3.05. The lowest BCUT2D eigenvalue weighted by Gasteiger charge is -1.96. The van der Waals surface area contributed by atoms with E-state index in [0.29, 0.717) is 20.6 Å². The van der Waals surface area contributed by atoms with Crippen molar-refractivity contribution >= 4 is 43.2 Å². The second kappa shape index (κ2) is 4.09. The van der Waals surface area contributed by atoms with Crippen molar-refractivity contribution in [2.45, 2.75) is 0 Å². The number of nitrogens with zero attached hydrogens (tertiary/aromatic N) is 2. The maximum atomic E-state index is 11.8. The van der Waals surface area contributed by atoms with Crippen molar-refractivity contribution in [1.82, 2.24) is 19.9 Å². The van der Waals surface area contributed by atoms with E-state index in [0.717, 1.165) is 11.3 Å². The van der Waals surface area contributed by atoms with Crippen LogP contribution in [0.4, 0.5) is 0 Å². The van der Waals surface area contributed by atoms with Gasteiger partial charge in [-0.1, -0.05) is 0 Å². The van der Waals surface area contributed by atoms with Crippen LogP contribution in [0.15, 0.2) is 32.6 Å². The molecule has 4 aromatic rings. The molecule has 0 spiro atoms. The zero-order valence-electron chi connectivity index (χ0n) is 9.84. The highest BCUT2D eigenvalue weighted by atomic mass is 32.1. The summed E-state index contributed by atoms with van der Waals surface area (Å²) in [6.45, 7) is 0. The quantitative estimate of drug-likeness (QED) is 0.562. The molecule has 0 saturated carbocycles. The van der Waals surface area contributed by atoms with Gasteiger partial charge < -0.3 is 4.98 Å². The molecule has 0 unspecified atom stereocenters. The molecule has 6 nitrogen and oxygen atoms in total. The maximum Gasteiger partial charge on any atom is 0.326 e. The summed E-state index contributed by atoms with van der Waals surface area (Å²) in [4.78, 5) is 37.5. The Balaban J connectivity index is 2.14. The van der Waals surface area contributed by atoms with Gasteiger partial charge in [-0.3, -0.25) is 9.78 Å². The number of H-pyrrole nitrogens is 2. The smallest absolute Gasteiger partial charge is 0.304 e. The molecule has 0 amide bonds. The maximum absolute atomic E-state index is 11.8. The molecule has 0 aliphatic heterocycles. The predicted octanol–water partition coefficient (Wildman–Crippen LogP) is 1.95. The van der Waals surface area contributed by atoms with Crippen LogP contribution in [0, 0.1) is 0 Å². The number of nitrogens with one attached hydrogen (secondary N) is 2. The summed E-state index contributed by atoms with van der Waals surface area (Å²) in [6.07, 6.45) is 1.67. The number of rotatable bonds is 1. The molecule has 2 N–H and O–H groups in total. The van der Waals surface area contributed by atoms with Crippen molar-refractivity contribution in [3.05, 3.63) is 43.9 Å². The van der Waals surface area contributed by atoms with Crippen LogP contribution in [-0.2, 0) is 0 Å². The summed E-state index contributed by atoms with van der Waals surface area (Å²) in [6, 6.07) is 1.95. The Kier molecular flexibility index (Phi) is 2.35. The monoisotopic (exact) mass is 302 g/mol. The molecule has 0 aromatic carbocycles. The normalized spacial score (nSPS) is 11.4. The van der Waals surface area contributed by atoms with Gasteiger partial charge in [-0.25, -0.2) is 14.8 Å². The highest BCUT2D eigenvalue weighted by Crippen LogP contribution is 2.29. The standard InChI is InChI=1S/C12H6N4O2S2/c17-10-9-7(15-12(18)16-10)8-11(20-9)13-3-6(14-8)5-1-2-19-4-5/h1-4H,(H2,15,16,17,18). The molecule has 20 heavy (non-hydrogen) atoms. The third-order valence-corrected chi connectivity index (χ3v) is 4.66. The molecule has 98 valence electrons. The SMILES string of the molecule is O=c1[nH]c(=O)c2sc3ncc(-c4ccsc4)nc3c2[nH]1. The second-order valence-electron chi connectivity index (χ2n) is 4.14. The Labute approximate surface area is 118 Å². The highest BCUT2D eigenvalue weighted by Gasteiger charge is 2.13. The van der Waals surface area contributed by atoms with E-state index in [1.807, 2.05) is 16.8 Å². The summed E-state index contributed by atoms with van der Waals surface area (Å²) < 4.78 is 0.432. The van der Waals surface area contributed by atoms with Gasteiger partial charge in [0.1, 0.15) is 15.0 Å². The molecule has 0 aliphatic rings. The minimum absolute atomic E-state index is 0.411. The van der Waals surface area contributed by atoms with E-state index in [2.05, 4.69) is 19.9 Å². The Morgan fingerprint density at radius 1 is 1.20 bits per heavy atom. The molecular formula is C12H6N4O2S2. The van der Waals surface area contributed by atoms with Crippen LogP contribution in [0.1, 0.15) is 0 Å². The van der Waals surface area contributed by atoms with Crippen LogP contribution >= 0.6 is 22.7 Å². The third-order valence-electron chi connectivity index (χ3n) is 2.89. The van der Waals surface area contributed by atoms with Gasteiger partial charge in [0, 0.05) is 10.9 Å². The second-order valence-corrected chi connectivity index (χ2v) is 5.91. The number of hydrogen-bond acceptors (Lipinski definition) is 6. The zero-order valence-corrected chi connectivity index (χ0v) is 11.5. The molecule has 8 heteroatoms. The summed E-state index contributed by atoms with van der Waals surface area (Å²) in [5, 5.41) is 3.93. The summed E-state index contributed by atoms with van der Waals surface area (Å²) in [5.41, 5.74) is 1.74. The van der Waals surface area contributed by atoms with Gasteiger partial charge in [0.2, 0.25) is 0 Å². The number of thiophene rings is 2. The van der Waals surface area contributed by atoms with Crippen LogP contribution in [0.5, 0.6) is 0 Å². The fraction of sp³-hybridized carbons (Fsp3) is 0. The van der Waals surface area contributed by atoms with E-state index in [-0.39, 0.29) is 0 Å². The Bertz CT molecular complexity index is 1040. The van der Waals surface area contributed by atoms with Crippen molar-refractivity contribution in [3.63, 3.8) is 0 Å². The number of aromatic amines is 2. The lowest BCUT2D eigenvalue weighted by molar-refractivity contribution is 1.09. The molecule has 4 heterocycles. The topological polar surface area (TPSA) is 91.5 Å². The lowest BCUT2D eigenvalue weighted by atomic mass is 10.2. The molecule has 0 atom stereocenters. The van der Waals surface area contributed by atoms with Gasteiger partial charge in [0.05, 0.1) is 17.4 Å². The average molecular weight is 302 g/mol. The van der Waals surface area contributed by atoms with Crippen molar-refractivity contribution in [2.75, 3.05) is 0 Å². The molecule has 4 aromatic heterocycles. The fourth-order valence-corrected chi connectivity index (χ4v) is 3.59. The molecule has 0 fully saturated rings. The van der Waals surface area contributed by atoms with Gasteiger partial charge >= 0.3 is 5.69 Å². The minimum atomic E-state index is -0.537. The molecule has 0 bridgehead atoms. The minimum Gasteiger partial charge on any atom is -0.304 e. The van der Waals surface area contributed by atoms with Crippen LogP contribution in [0.25, 0.3) is 31.8 Å². The highest BCUT2D eigenvalue weighted by molar-refractivity contribution is 7.25. The van der Waals surface area contributed by atoms with E-state index in [1.165, 1.54) is 11.3 Å². The Morgan fingerprint density at radius 3 is 2.90 bits per heavy atom. The first kappa shape index (κ1) is 11.5. The van der Waals surface area contributed by atoms with Gasteiger partial charge in [0.25, 0.3) is 5.56 Å². The lowest BCUT2D eigenvalue weighted by Crippen LogP contribution is -2.20. The third kappa shape index (κ3) is 1.62. The summed E-state index contributed by atoms with van der Waals surface area (Å²) in [7, 11) is 0. The first-order valence-corrected chi connectivity index (χ1v) is 7.43. The first-order chi connectivity index (χ1) is 9.72. The van der Waals surface area contributed by atoms with Gasteiger partial charge in [-0.15, -0.1) is 11.3 Å². The van der Waals surface area contributed by atoms with Gasteiger partial charge in [0.15, 0.2) is 0 Å². The van der Waals surface area contributed by atoms with E-state index in [9.17, 15) is 9.59 Å². The van der Waals surface area contributed by atoms with Crippen molar-refractivity contribution in [1.29, 1.82) is 0 Å². The van der Waals surface area contributed by atoms with Crippen molar-refractivity contribution in [3.8, 4) is 11.3 Å². The number of hydrogen-bond donors (Lipinski definition) is 2. The molecular weight excluding hydrogens is 296 g/mol. The molecule has 0 radical (unpaired) electrons. The summed E-state index contributed by atoms with van der Waals surface area (Å²) in [5.74, 6) is 0. The van der Waals surface area contributed by atoms with Crippen LogP contribution in [0.3, 0.4) is 0 Å². The molecule has 4 rings (SSSR count). The largest absolute Gasteiger partial charge is 0.326 e. The zero-order chi connectivity index (χ0) is 13.7. The van der Waals surface area contributed by atoms with E-state index >= 15 is 0 Å². The van der Waals surface area contributed by atoms with Crippen LogP contribution in [0.2, 0.25) is 0 Å².